The second-order valence-corrected chi connectivity index (χ2v) is 6.04. The van der Waals surface area contributed by atoms with E-state index in [0.29, 0.717) is 13.0 Å². The molecule has 0 aliphatic carbocycles. The van der Waals surface area contributed by atoms with E-state index < -0.39 is 11.7 Å². The van der Waals surface area contributed by atoms with Gasteiger partial charge >= 0.3 is 6.09 Å². The van der Waals surface area contributed by atoms with Crippen molar-refractivity contribution < 1.29 is 9.53 Å². The molecule has 3 nitrogen and oxygen atoms in total. The summed E-state index contributed by atoms with van der Waals surface area (Å²) >= 11 is 0. The van der Waals surface area contributed by atoms with E-state index in [-0.39, 0.29) is 0 Å². The van der Waals surface area contributed by atoms with Gasteiger partial charge in [0, 0.05) is 18.5 Å². The Morgan fingerprint density at radius 2 is 1.86 bits per heavy atom. The summed E-state index contributed by atoms with van der Waals surface area (Å²) in [6.07, 6.45) is 0.187. The molecule has 0 spiro atoms. The van der Waals surface area contributed by atoms with E-state index in [9.17, 15) is 4.79 Å². The van der Waals surface area contributed by atoms with Gasteiger partial charge in [-0.25, -0.2) is 4.79 Å². The molecular weight excluding hydrogens is 274 g/mol. The minimum absolute atomic E-state index is 0.403. The molecule has 0 saturated carbocycles. The molecule has 114 valence electrons. The first-order valence-electron chi connectivity index (χ1n) is 7.38. The summed E-state index contributed by atoms with van der Waals surface area (Å²) in [5, 5.41) is 5.08. The summed E-state index contributed by atoms with van der Waals surface area (Å²) in [6, 6.07) is 14.3. The second kappa shape index (κ2) is 7.00. The van der Waals surface area contributed by atoms with Gasteiger partial charge in [0.15, 0.2) is 0 Å². The van der Waals surface area contributed by atoms with Crippen LogP contribution in [0.2, 0.25) is 0 Å². The SMILES string of the molecule is CC(C)(C)OC(=O)NCCC#Cc1ccc2ccccc2c1. The number of amides is 1. The molecule has 0 saturated heterocycles. The first-order valence-corrected chi connectivity index (χ1v) is 7.38. The predicted octanol–water partition coefficient (Wildman–Crippen LogP) is 4.11. The van der Waals surface area contributed by atoms with Crippen molar-refractivity contribution >= 4 is 16.9 Å². The van der Waals surface area contributed by atoms with Gasteiger partial charge in [-0.2, -0.15) is 0 Å². The van der Waals surface area contributed by atoms with Crippen molar-refractivity contribution in [2.75, 3.05) is 6.54 Å². The molecule has 1 N–H and O–H groups in total. The molecule has 0 atom stereocenters. The molecule has 2 aromatic rings. The van der Waals surface area contributed by atoms with E-state index in [1.54, 1.807) is 0 Å². The van der Waals surface area contributed by atoms with Crippen LogP contribution in [0, 0.1) is 11.8 Å². The summed E-state index contributed by atoms with van der Waals surface area (Å²) in [7, 11) is 0. The van der Waals surface area contributed by atoms with Gasteiger partial charge in [0.25, 0.3) is 0 Å². The fourth-order valence-corrected chi connectivity index (χ4v) is 1.97. The van der Waals surface area contributed by atoms with Gasteiger partial charge in [-0.3, -0.25) is 0 Å². The minimum atomic E-state index is -0.471. The molecule has 0 bridgehead atoms. The molecule has 0 heterocycles. The maximum Gasteiger partial charge on any atom is 0.407 e. The Hall–Kier alpha value is -2.47. The molecule has 0 radical (unpaired) electrons. The van der Waals surface area contributed by atoms with Gasteiger partial charge in [0.05, 0.1) is 0 Å². The van der Waals surface area contributed by atoms with Gasteiger partial charge in [-0.05, 0) is 43.7 Å². The third-order valence-corrected chi connectivity index (χ3v) is 2.90. The van der Waals surface area contributed by atoms with Crippen LogP contribution in [0.3, 0.4) is 0 Å². The van der Waals surface area contributed by atoms with E-state index >= 15 is 0 Å². The molecule has 3 heteroatoms. The van der Waals surface area contributed by atoms with Crippen LogP contribution in [0.5, 0.6) is 0 Å². The lowest BCUT2D eigenvalue weighted by atomic mass is 10.1. The zero-order valence-corrected chi connectivity index (χ0v) is 13.3. The van der Waals surface area contributed by atoms with E-state index in [0.717, 1.165) is 5.56 Å². The van der Waals surface area contributed by atoms with Crippen LogP contribution in [-0.4, -0.2) is 18.2 Å². The smallest absolute Gasteiger partial charge is 0.407 e. The van der Waals surface area contributed by atoms with Gasteiger partial charge in [0.1, 0.15) is 5.60 Å². The molecule has 2 rings (SSSR count). The lowest BCUT2D eigenvalue weighted by Gasteiger charge is -2.19. The number of carbonyl (C=O) groups excluding carboxylic acids is 1. The predicted molar refractivity (Wildman–Crippen MR) is 89.7 cm³/mol. The average Bonchev–Trinajstić information content (AvgIpc) is 2.45. The number of nitrogens with one attached hydrogen (secondary N) is 1. The number of hydrogen-bond donors (Lipinski definition) is 1. The normalized spacial score (nSPS) is 10.7. The fourth-order valence-electron chi connectivity index (χ4n) is 1.97. The van der Waals surface area contributed by atoms with Crippen molar-refractivity contribution in [2.45, 2.75) is 32.8 Å². The Morgan fingerprint density at radius 3 is 2.59 bits per heavy atom. The number of fused-ring (bicyclic) bond motifs is 1. The number of benzene rings is 2. The van der Waals surface area contributed by atoms with Crippen molar-refractivity contribution in [2.24, 2.45) is 0 Å². The molecule has 22 heavy (non-hydrogen) atoms. The number of hydrogen-bond acceptors (Lipinski definition) is 2. The quantitative estimate of drug-likeness (QED) is 0.669. The zero-order chi connectivity index (χ0) is 16.0. The minimum Gasteiger partial charge on any atom is -0.444 e. The van der Waals surface area contributed by atoms with Crippen molar-refractivity contribution in [3.8, 4) is 11.8 Å². The van der Waals surface area contributed by atoms with E-state index in [1.165, 1.54) is 10.8 Å². The molecule has 0 aliphatic rings. The molecule has 0 fully saturated rings. The second-order valence-electron chi connectivity index (χ2n) is 6.04. The Bertz CT molecular complexity index is 717. The fraction of sp³-hybridized carbons (Fsp3) is 0.316. The van der Waals surface area contributed by atoms with E-state index in [2.05, 4.69) is 41.4 Å². The average molecular weight is 295 g/mol. The molecule has 2 aromatic carbocycles. The first-order chi connectivity index (χ1) is 10.4. The van der Waals surface area contributed by atoms with Gasteiger partial charge in [-0.15, -0.1) is 0 Å². The van der Waals surface area contributed by atoms with Crippen LogP contribution in [0.15, 0.2) is 42.5 Å². The van der Waals surface area contributed by atoms with Gasteiger partial charge in [-0.1, -0.05) is 42.2 Å². The highest BCUT2D eigenvalue weighted by Crippen LogP contribution is 2.14. The third kappa shape index (κ3) is 5.14. The third-order valence-electron chi connectivity index (χ3n) is 2.90. The molecule has 0 aromatic heterocycles. The van der Waals surface area contributed by atoms with Crippen molar-refractivity contribution in [1.82, 2.24) is 5.32 Å². The van der Waals surface area contributed by atoms with Gasteiger partial charge in [0.2, 0.25) is 0 Å². The number of ether oxygens (including phenoxy) is 1. The highest BCUT2D eigenvalue weighted by molar-refractivity contribution is 5.83. The largest absolute Gasteiger partial charge is 0.444 e. The zero-order valence-electron chi connectivity index (χ0n) is 13.3. The molecule has 1 amide bonds. The standard InChI is InChI=1S/C19H21NO2/c1-19(2,3)22-18(21)20-13-7-6-8-15-11-12-16-9-4-5-10-17(16)14-15/h4-5,9-12,14H,7,13H2,1-3H3,(H,20,21). The molecule has 0 aliphatic heterocycles. The highest BCUT2D eigenvalue weighted by Gasteiger charge is 2.15. The summed E-state index contributed by atoms with van der Waals surface area (Å²) in [6.45, 7) is 6.00. The van der Waals surface area contributed by atoms with E-state index in [1.807, 2.05) is 39.0 Å². The lowest BCUT2D eigenvalue weighted by molar-refractivity contribution is 0.0529. The Kier molecular flexibility index (Phi) is 5.06. The maximum absolute atomic E-state index is 11.5. The Morgan fingerprint density at radius 1 is 1.14 bits per heavy atom. The summed E-state index contributed by atoms with van der Waals surface area (Å²) in [5.74, 6) is 6.18. The van der Waals surface area contributed by atoms with E-state index in [4.69, 9.17) is 4.74 Å². The van der Waals surface area contributed by atoms with Crippen LogP contribution in [-0.2, 0) is 4.74 Å². The topological polar surface area (TPSA) is 38.3 Å². The molecular formula is C19H21NO2. The Balaban J connectivity index is 1.84. The highest BCUT2D eigenvalue weighted by atomic mass is 16.6. The lowest BCUT2D eigenvalue weighted by Crippen LogP contribution is -2.32. The van der Waals surface area contributed by atoms with Crippen LogP contribution < -0.4 is 5.32 Å². The van der Waals surface area contributed by atoms with Crippen LogP contribution in [0.1, 0.15) is 32.8 Å². The van der Waals surface area contributed by atoms with Crippen LogP contribution >= 0.6 is 0 Å². The van der Waals surface area contributed by atoms with Crippen LogP contribution in [0.4, 0.5) is 4.79 Å². The number of carbonyl (C=O) groups is 1. The van der Waals surface area contributed by atoms with Gasteiger partial charge < -0.3 is 10.1 Å². The van der Waals surface area contributed by atoms with Crippen LogP contribution in [0.25, 0.3) is 10.8 Å². The van der Waals surface area contributed by atoms with Crippen molar-refractivity contribution in [1.29, 1.82) is 0 Å². The first kappa shape index (κ1) is 15.9. The monoisotopic (exact) mass is 295 g/mol. The molecule has 0 unspecified atom stereocenters. The Labute approximate surface area is 131 Å². The maximum atomic E-state index is 11.5. The van der Waals surface area contributed by atoms with Crippen molar-refractivity contribution in [3.05, 3.63) is 48.0 Å². The summed E-state index contributed by atoms with van der Waals surface area (Å²) in [5.41, 5.74) is 0.511. The number of alkyl carbamates (subject to hydrolysis) is 1. The summed E-state index contributed by atoms with van der Waals surface area (Å²) in [4.78, 5) is 11.5. The summed E-state index contributed by atoms with van der Waals surface area (Å²) < 4.78 is 5.15. The van der Waals surface area contributed by atoms with Crippen molar-refractivity contribution in [3.63, 3.8) is 0 Å². The number of rotatable bonds is 2.